The monoisotopic (exact) mass is 176 g/mol. The minimum Gasteiger partial charge on any atom is -0.165 e. The highest BCUT2D eigenvalue weighted by Crippen LogP contribution is 2.28. The Morgan fingerprint density at radius 3 is 2.20 bits per heavy atom. The lowest BCUT2D eigenvalue weighted by molar-refractivity contribution is 0.692. The highest BCUT2D eigenvalue weighted by Gasteiger charge is 2.18. The second-order valence-corrected chi connectivity index (χ2v) is 3.91. The summed E-state index contributed by atoms with van der Waals surface area (Å²) < 4.78 is 0. The van der Waals surface area contributed by atoms with E-state index in [1.54, 1.807) is 0 Å². The molecule has 0 saturated carbocycles. The Hall–Kier alpha value is 0.385. The zero-order valence-electron chi connectivity index (χ0n) is 6.16. The van der Waals surface area contributed by atoms with Crippen LogP contribution >= 0.6 is 22.9 Å². The van der Waals surface area contributed by atoms with Crippen molar-refractivity contribution in [1.29, 1.82) is 0 Å². The summed E-state index contributed by atoms with van der Waals surface area (Å²) >= 11 is 11.5. The molecule has 0 heterocycles. The highest BCUT2D eigenvalue weighted by atomic mass is 35.5. The molecule has 0 unspecified atom stereocenters. The standard InChI is InChI=1S/C7H11BCl2/c1-6-4-2-3-5-7(6)8(9)10/h2-5H2,1H3. The van der Waals surface area contributed by atoms with Gasteiger partial charge in [-0.3, -0.25) is 0 Å². The second-order valence-electron chi connectivity index (χ2n) is 2.81. The van der Waals surface area contributed by atoms with Crippen LogP contribution < -0.4 is 0 Å². The highest BCUT2D eigenvalue weighted by molar-refractivity contribution is 7.37. The van der Waals surface area contributed by atoms with Gasteiger partial charge < -0.3 is 0 Å². The largest absolute Gasteiger partial charge is 0.378 e. The van der Waals surface area contributed by atoms with Crippen LogP contribution in [0.4, 0.5) is 0 Å². The molecule has 0 atom stereocenters. The van der Waals surface area contributed by atoms with Gasteiger partial charge in [0.05, 0.1) is 0 Å². The van der Waals surface area contributed by atoms with E-state index < -0.39 is 0 Å². The van der Waals surface area contributed by atoms with Crippen LogP contribution in [0, 0.1) is 0 Å². The van der Waals surface area contributed by atoms with E-state index in [1.807, 2.05) is 0 Å². The molecule has 0 bridgehead atoms. The molecule has 0 radical (unpaired) electrons. The SMILES string of the molecule is CC1=C(B(Cl)Cl)CCCC1. The van der Waals surface area contributed by atoms with Crippen LogP contribution in [0.2, 0.25) is 0 Å². The third-order valence-electron chi connectivity index (χ3n) is 2.06. The first kappa shape index (κ1) is 8.48. The predicted octanol–water partition coefficient (Wildman–Crippen LogP) is 3.38. The molecule has 0 aliphatic heterocycles. The average molecular weight is 177 g/mol. The Morgan fingerprint density at radius 2 is 1.80 bits per heavy atom. The van der Waals surface area contributed by atoms with Gasteiger partial charge in [0.1, 0.15) is 0 Å². The molecule has 1 aliphatic carbocycles. The van der Waals surface area contributed by atoms with E-state index in [0.29, 0.717) is 0 Å². The summed E-state index contributed by atoms with van der Waals surface area (Å²) in [6.45, 7) is 2.13. The fraction of sp³-hybridized carbons (Fsp3) is 0.714. The predicted molar refractivity (Wildman–Crippen MR) is 48.6 cm³/mol. The Bertz CT molecular complexity index is 152. The van der Waals surface area contributed by atoms with Crippen molar-refractivity contribution < 1.29 is 0 Å². The molecule has 0 nitrogen and oxygen atoms in total. The minimum absolute atomic E-state index is 0.264. The zero-order valence-corrected chi connectivity index (χ0v) is 7.67. The van der Waals surface area contributed by atoms with E-state index in [9.17, 15) is 0 Å². The Kier molecular flexibility index (Phi) is 3.12. The molecule has 0 fully saturated rings. The first-order valence-corrected chi connectivity index (χ1v) is 4.56. The molecule has 10 heavy (non-hydrogen) atoms. The topological polar surface area (TPSA) is 0 Å². The van der Waals surface area contributed by atoms with Gasteiger partial charge in [0.25, 0.3) is 0 Å². The van der Waals surface area contributed by atoms with Crippen molar-refractivity contribution in [3.05, 3.63) is 11.0 Å². The van der Waals surface area contributed by atoms with Crippen molar-refractivity contribution in [2.24, 2.45) is 0 Å². The molecule has 0 amide bonds. The fourth-order valence-corrected chi connectivity index (χ4v) is 1.97. The molecule has 1 rings (SSSR count). The molecular formula is C7H11BCl2. The maximum atomic E-state index is 5.76. The van der Waals surface area contributed by atoms with Gasteiger partial charge in [-0.2, -0.15) is 22.9 Å². The van der Waals surface area contributed by atoms with Crippen LogP contribution in [-0.4, -0.2) is 5.54 Å². The molecular weight excluding hydrogens is 166 g/mol. The third-order valence-corrected chi connectivity index (χ3v) is 2.59. The van der Waals surface area contributed by atoms with Crippen LogP contribution in [0.25, 0.3) is 0 Å². The number of halogens is 2. The summed E-state index contributed by atoms with van der Waals surface area (Å²) in [6, 6.07) is 0. The van der Waals surface area contributed by atoms with Crippen LogP contribution in [-0.2, 0) is 0 Å². The molecule has 0 N–H and O–H groups in total. The van der Waals surface area contributed by atoms with Crippen molar-refractivity contribution >= 4 is 28.5 Å². The lowest BCUT2D eigenvalue weighted by Gasteiger charge is -2.16. The summed E-state index contributed by atoms with van der Waals surface area (Å²) in [5.41, 5.74) is 2.40. The van der Waals surface area contributed by atoms with Gasteiger partial charge >= 0.3 is 5.54 Å². The number of rotatable bonds is 1. The van der Waals surface area contributed by atoms with Gasteiger partial charge in [0.2, 0.25) is 0 Å². The zero-order chi connectivity index (χ0) is 7.56. The van der Waals surface area contributed by atoms with E-state index in [1.165, 1.54) is 30.3 Å². The molecule has 0 spiro atoms. The maximum Gasteiger partial charge on any atom is 0.378 e. The van der Waals surface area contributed by atoms with Crippen molar-refractivity contribution in [3.63, 3.8) is 0 Å². The Balaban J connectivity index is 2.68. The number of allylic oxidation sites excluding steroid dienone is 2. The summed E-state index contributed by atoms with van der Waals surface area (Å²) in [4.78, 5) is 0. The second kappa shape index (κ2) is 3.68. The average Bonchev–Trinajstić information content (AvgIpc) is 1.88. The molecule has 0 saturated heterocycles. The third kappa shape index (κ3) is 1.93. The first-order valence-electron chi connectivity index (χ1n) is 3.68. The van der Waals surface area contributed by atoms with E-state index >= 15 is 0 Å². The summed E-state index contributed by atoms with van der Waals surface area (Å²) in [7, 11) is 0. The number of hydrogen-bond donors (Lipinski definition) is 0. The van der Waals surface area contributed by atoms with Gasteiger partial charge in [-0.05, 0) is 32.6 Å². The van der Waals surface area contributed by atoms with Crippen molar-refractivity contribution in [3.8, 4) is 0 Å². The van der Waals surface area contributed by atoms with Gasteiger partial charge in [0.15, 0.2) is 0 Å². The van der Waals surface area contributed by atoms with E-state index in [4.69, 9.17) is 22.9 Å². The van der Waals surface area contributed by atoms with Crippen molar-refractivity contribution in [1.82, 2.24) is 0 Å². The summed E-state index contributed by atoms with van der Waals surface area (Å²) in [5.74, 6) is 0. The molecule has 0 aromatic rings. The Morgan fingerprint density at radius 1 is 1.20 bits per heavy atom. The van der Waals surface area contributed by atoms with E-state index in [2.05, 4.69) is 6.92 Å². The lowest BCUT2D eigenvalue weighted by Crippen LogP contribution is -2.07. The van der Waals surface area contributed by atoms with Crippen LogP contribution in [0.3, 0.4) is 0 Å². The minimum atomic E-state index is -0.264. The van der Waals surface area contributed by atoms with Crippen LogP contribution in [0.1, 0.15) is 32.6 Å². The summed E-state index contributed by atoms with van der Waals surface area (Å²) in [6.07, 6.45) is 4.84. The fourth-order valence-electron chi connectivity index (χ4n) is 1.37. The van der Waals surface area contributed by atoms with Crippen molar-refractivity contribution in [2.45, 2.75) is 32.6 Å². The van der Waals surface area contributed by atoms with E-state index in [-0.39, 0.29) is 5.54 Å². The number of hydrogen-bond acceptors (Lipinski definition) is 0. The maximum absolute atomic E-state index is 5.76. The Labute approximate surface area is 72.5 Å². The van der Waals surface area contributed by atoms with Crippen molar-refractivity contribution in [2.75, 3.05) is 0 Å². The van der Waals surface area contributed by atoms with Gasteiger partial charge in [-0.25, -0.2) is 0 Å². The van der Waals surface area contributed by atoms with E-state index in [0.717, 1.165) is 6.42 Å². The smallest absolute Gasteiger partial charge is 0.165 e. The quantitative estimate of drug-likeness (QED) is 0.538. The lowest BCUT2D eigenvalue weighted by atomic mass is 9.79. The van der Waals surface area contributed by atoms with Crippen LogP contribution in [0.15, 0.2) is 11.0 Å². The molecule has 3 heteroatoms. The van der Waals surface area contributed by atoms with Gasteiger partial charge in [-0.15, -0.1) is 0 Å². The molecule has 56 valence electrons. The first-order chi connectivity index (χ1) is 4.72. The van der Waals surface area contributed by atoms with Crippen LogP contribution in [0.5, 0.6) is 0 Å². The normalized spacial score (nSPS) is 19.5. The van der Waals surface area contributed by atoms with Gasteiger partial charge in [-0.1, -0.05) is 11.0 Å². The molecule has 0 aromatic heterocycles. The van der Waals surface area contributed by atoms with Gasteiger partial charge in [0, 0.05) is 0 Å². The summed E-state index contributed by atoms with van der Waals surface area (Å²) in [5, 5.41) is 0. The molecule has 1 aliphatic rings. The molecule has 0 aromatic carbocycles.